The first kappa shape index (κ1) is 18.9. The predicted octanol–water partition coefficient (Wildman–Crippen LogP) is 3.20. The minimum atomic E-state index is -0.981. The molecule has 1 aromatic carbocycles. The van der Waals surface area contributed by atoms with Crippen LogP contribution in [0.15, 0.2) is 18.2 Å². The lowest BCUT2D eigenvalue weighted by Crippen LogP contribution is -2.44. The third-order valence-corrected chi connectivity index (χ3v) is 3.95. The molecule has 1 aromatic rings. The first-order valence-corrected chi connectivity index (χ1v) is 8.35. The number of hydrogen-bond donors (Lipinski definition) is 2. The lowest BCUT2D eigenvalue weighted by molar-refractivity contribution is 0.0210. The van der Waals surface area contributed by atoms with E-state index in [0.717, 1.165) is 12.8 Å². The summed E-state index contributed by atoms with van der Waals surface area (Å²) in [5.41, 5.74) is 0.351. The summed E-state index contributed by atoms with van der Waals surface area (Å²) in [7, 11) is 1.55. The van der Waals surface area contributed by atoms with Gasteiger partial charge in [0, 0.05) is 19.1 Å². The van der Waals surface area contributed by atoms with E-state index in [0.29, 0.717) is 24.5 Å². The number of piperidine rings is 1. The largest absolute Gasteiger partial charge is 0.495 e. The second kappa shape index (κ2) is 7.63. The first-order valence-electron chi connectivity index (χ1n) is 8.35. The highest BCUT2D eigenvalue weighted by molar-refractivity contribution is 5.89. The lowest BCUT2D eigenvalue weighted by Gasteiger charge is -2.34. The Labute approximate surface area is 147 Å². The van der Waals surface area contributed by atoms with Gasteiger partial charge in [-0.1, -0.05) is 0 Å². The van der Waals surface area contributed by atoms with Crippen molar-refractivity contribution in [1.29, 1.82) is 0 Å². The van der Waals surface area contributed by atoms with Gasteiger partial charge in [-0.25, -0.2) is 9.59 Å². The number of ether oxygens (including phenoxy) is 2. The van der Waals surface area contributed by atoms with Crippen LogP contribution in [-0.2, 0) is 4.74 Å². The molecule has 0 atom stereocenters. The van der Waals surface area contributed by atoms with Crippen LogP contribution in [0.25, 0.3) is 0 Å². The van der Waals surface area contributed by atoms with Gasteiger partial charge in [0.15, 0.2) is 0 Å². The van der Waals surface area contributed by atoms with Crippen molar-refractivity contribution in [2.45, 2.75) is 45.3 Å². The third kappa shape index (κ3) is 5.27. The molecule has 0 radical (unpaired) electrons. The summed E-state index contributed by atoms with van der Waals surface area (Å²) in [6.45, 7) is 6.73. The molecule has 0 aliphatic carbocycles. The van der Waals surface area contributed by atoms with E-state index < -0.39 is 11.6 Å². The molecule has 0 spiro atoms. The minimum Gasteiger partial charge on any atom is -0.495 e. The minimum absolute atomic E-state index is 0.136. The summed E-state index contributed by atoms with van der Waals surface area (Å²) in [4.78, 5) is 24.9. The number of benzene rings is 1. The van der Waals surface area contributed by atoms with Gasteiger partial charge in [-0.15, -0.1) is 0 Å². The van der Waals surface area contributed by atoms with Crippen LogP contribution in [0.4, 0.5) is 10.5 Å². The molecule has 0 bridgehead atoms. The molecule has 2 rings (SSSR count). The number of carbonyl (C=O) groups is 2. The average molecular weight is 350 g/mol. The molecule has 2 N–H and O–H groups in total. The van der Waals surface area contributed by atoms with Gasteiger partial charge < -0.3 is 24.8 Å². The molecule has 1 heterocycles. The van der Waals surface area contributed by atoms with Gasteiger partial charge >= 0.3 is 12.1 Å². The maximum Gasteiger partial charge on any atom is 0.410 e. The fraction of sp³-hybridized carbons (Fsp3) is 0.556. The summed E-state index contributed by atoms with van der Waals surface area (Å²) < 4.78 is 10.7. The van der Waals surface area contributed by atoms with Gasteiger partial charge in [-0.05, 0) is 51.8 Å². The first-order chi connectivity index (χ1) is 11.7. The Hall–Kier alpha value is -2.44. The SMILES string of the molecule is COc1ccc(C(=O)O)cc1NC1CCN(C(=O)OC(C)(C)C)CC1. The van der Waals surface area contributed by atoms with Crippen LogP contribution in [0, 0.1) is 0 Å². The quantitative estimate of drug-likeness (QED) is 0.867. The highest BCUT2D eigenvalue weighted by atomic mass is 16.6. The fourth-order valence-corrected chi connectivity index (χ4v) is 2.71. The summed E-state index contributed by atoms with van der Waals surface area (Å²) in [6.07, 6.45) is 1.20. The van der Waals surface area contributed by atoms with Crippen LogP contribution in [0.2, 0.25) is 0 Å². The molecule has 25 heavy (non-hydrogen) atoms. The van der Waals surface area contributed by atoms with Crippen molar-refractivity contribution in [2.24, 2.45) is 0 Å². The van der Waals surface area contributed by atoms with E-state index in [2.05, 4.69) is 5.32 Å². The van der Waals surface area contributed by atoms with Crippen LogP contribution >= 0.6 is 0 Å². The van der Waals surface area contributed by atoms with Crippen molar-refractivity contribution in [3.63, 3.8) is 0 Å². The maximum absolute atomic E-state index is 12.1. The highest BCUT2D eigenvalue weighted by Crippen LogP contribution is 2.28. The number of hydrogen-bond acceptors (Lipinski definition) is 5. The Balaban J connectivity index is 1.97. The van der Waals surface area contributed by atoms with Crippen LogP contribution in [0.3, 0.4) is 0 Å². The number of amides is 1. The van der Waals surface area contributed by atoms with Crippen LogP contribution in [0.1, 0.15) is 44.0 Å². The summed E-state index contributed by atoms with van der Waals surface area (Å²) >= 11 is 0. The zero-order valence-electron chi connectivity index (χ0n) is 15.2. The van der Waals surface area contributed by atoms with E-state index in [1.807, 2.05) is 20.8 Å². The van der Waals surface area contributed by atoms with Crippen LogP contribution < -0.4 is 10.1 Å². The van der Waals surface area contributed by atoms with Gasteiger partial charge in [0.05, 0.1) is 18.4 Å². The molecule has 0 unspecified atom stereocenters. The van der Waals surface area contributed by atoms with Crippen molar-refractivity contribution in [3.05, 3.63) is 23.8 Å². The van der Waals surface area contributed by atoms with Gasteiger partial charge in [-0.2, -0.15) is 0 Å². The Morgan fingerprint density at radius 3 is 2.40 bits per heavy atom. The van der Waals surface area contributed by atoms with Crippen LogP contribution in [-0.4, -0.2) is 53.9 Å². The third-order valence-electron chi connectivity index (χ3n) is 3.95. The van der Waals surface area contributed by atoms with Crippen molar-refractivity contribution in [3.8, 4) is 5.75 Å². The second-order valence-corrected chi connectivity index (χ2v) is 7.11. The maximum atomic E-state index is 12.1. The number of carboxylic acid groups (broad SMARTS) is 1. The molecule has 1 aliphatic heterocycles. The number of nitrogens with one attached hydrogen (secondary N) is 1. The summed E-state index contributed by atoms with van der Waals surface area (Å²) in [5, 5.41) is 12.5. The zero-order valence-corrected chi connectivity index (χ0v) is 15.2. The molecule has 7 nitrogen and oxygen atoms in total. The summed E-state index contributed by atoms with van der Waals surface area (Å²) in [5.74, 6) is -0.384. The van der Waals surface area contributed by atoms with E-state index >= 15 is 0 Å². The van der Waals surface area contributed by atoms with Gasteiger partial charge in [-0.3, -0.25) is 0 Å². The van der Waals surface area contributed by atoms with E-state index in [1.54, 1.807) is 24.1 Å². The molecule has 0 aromatic heterocycles. The number of carboxylic acids is 1. The number of aromatic carboxylic acids is 1. The van der Waals surface area contributed by atoms with Crippen molar-refractivity contribution in [2.75, 3.05) is 25.5 Å². The fourth-order valence-electron chi connectivity index (χ4n) is 2.71. The number of anilines is 1. The molecular weight excluding hydrogens is 324 g/mol. The Morgan fingerprint density at radius 1 is 1.24 bits per heavy atom. The van der Waals surface area contributed by atoms with E-state index in [1.165, 1.54) is 6.07 Å². The average Bonchev–Trinajstić information content (AvgIpc) is 2.53. The number of methoxy groups -OCH3 is 1. The molecule has 1 amide bonds. The van der Waals surface area contributed by atoms with E-state index in [9.17, 15) is 9.59 Å². The van der Waals surface area contributed by atoms with Crippen molar-refractivity contribution < 1.29 is 24.2 Å². The molecule has 0 saturated carbocycles. The molecule has 138 valence electrons. The summed E-state index contributed by atoms with van der Waals surface area (Å²) in [6, 6.07) is 4.86. The second-order valence-electron chi connectivity index (χ2n) is 7.11. The van der Waals surface area contributed by atoms with Crippen molar-refractivity contribution >= 4 is 17.7 Å². The predicted molar refractivity (Wildman–Crippen MR) is 94.4 cm³/mol. The van der Waals surface area contributed by atoms with E-state index in [4.69, 9.17) is 14.6 Å². The smallest absolute Gasteiger partial charge is 0.410 e. The standard InChI is InChI=1S/C18H26N2O5/c1-18(2,3)25-17(23)20-9-7-13(8-10-20)19-14-11-12(16(21)22)5-6-15(14)24-4/h5-6,11,13,19H,7-10H2,1-4H3,(H,21,22). The molecular formula is C18H26N2O5. The Kier molecular flexibility index (Phi) is 5.77. The van der Waals surface area contributed by atoms with Gasteiger partial charge in [0.1, 0.15) is 11.4 Å². The lowest BCUT2D eigenvalue weighted by atomic mass is 10.0. The van der Waals surface area contributed by atoms with Gasteiger partial charge in [0.2, 0.25) is 0 Å². The zero-order chi connectivity index (χ0) is 18.6. The van der Waals surface area contributed by atoms with Crippen LogP contribution in [0.5, 0.6) is 5.75 Å². The number of rotatable bonds is 4. The monoisotopic (exact) mass is 350 g/mol. The number of nitrogens with zero attached hydrogens (tertiary/aromatic N) is 1. The highest BCUT2D eigenvalue weighted by Gasteiger charge is 2.27. The molecule has 7 heteroatoms. The van der Waals surface area contributed by atoms with Gasteiger partial charge in [0.25, 0.3) is 0 Å². The van der Waals surface area contributed by atoms with E-state index in [-0.39, 0.29) is 17.7 Å². The molecule has 1 saturated heterocycles. The normalized spacial score (nSPS) is 15.6. The molecule has 1 aliphatic rings. The number of carbonyl (C=O) groups excluding carboxylic acids is 1. The molecule has 1 fully saturated rings. The topological polar surface area (TPSA) is 88.1 Å². The number of likely N-dealkylation sites (tertiary alicyclic amines) is 1. The Bertz CT molecular complexity index is 631. The van der Waals surface area contributed by atoms with Crippen molar-refractivity contribution in [1.82, 2.24) is 4.90 Å². The Morgan fingerprint density at radius 2 is 1.88 bits per heavy atom.